The molecular formula is C32H37ClF2N6O2. The third kappa shape index (κ3) is 4.71. The molecule has 0 amide bonds. The van der Waals surface area contributed by atoms with E-state index in [1.807, 2.05) is 0 Å². The Morgan fingerprint density at radius 1 is 1.21 bits per heavy atom. The fraction of sp³-hybridized carbons (Fsp3) is 0.594. The number of hydrogen-bond donors (Lipinski definition) is 2. The fourth-order valence-electron chi connectivity index (χ4n) is 8.17. The highest BCUT2D eigenvalue weighted by atomic mass is 35.5. The molecule has 9 rings (SSSR count). The summed E-state index contributed by atoms with van der Waals surface area (Å²) in [6.07, 6.45) is 7.19. The first-order chi connectivity index (χ1) is 20.8. The summed E-state index contributed by atoms with van der Waals surface area (Å²) in [7, 11) is 0. The Morgan fingerprint density at radius 3 is 2.81 bits per heavy atom. The third-order valence-corrected chi connectivity index (χ3v) is 10.9. The van der Waals surface area contributed by atoms with Crippen LogP contribution in [0, 0.1) is 11.7 Å². The Labute approximate surface area is 254 Å². The van der Waals surface area contributed by atoms with Crippen LogP contribution in [-0.2, 0) is 0 Å². The smallest absolute Gasteiger partial charge is 0.319 e. The maximum atomic E-state index is 16.7. The van der Waals surface area contributed by atoms with Crippen LogP contribution in [0.4, 0.5) is 14.6 Å². The van der Waals surface area contributed by atoms with Crippen molar-refractivity contribution in [3.8, 4) is 23.0 Å². The largest absolute Gasteiger partial charge is 0.508 e. The first-order valence-electron chi connectivity index (χ1n) is 15.7. The summed E-state index contributed by atoms with van der Waals surface area (Å²) in [5, 5.41) is 14.9. The molecule has 2 unspecified atom stereocenters. The molecule has 0 spiro atoms. The molecule has 6 fully saturated rings. The van der Waals surface area contributed by atoms with Gasteiger partial charge in [0.05, 0.1) is 10.9 Å². The van der Waals surface area contributed by atoms with Crippen molar-refractivity contribution in [1.29, 1.82) is 0 Å². The number of anilines is 1. The van der Waals surface area contributed by atoms with Gasteiger partial charge in [-0.1, -0.05) is 24.9 Å². The zero-order valence-electron chi connectivity index (χ0n) is 24.3. The summed E-state index contributed by atoms with van der Waals surface area (Å²) in [4.78, 5) is 18.6. The van der Waals surface area contributed by atoms with E-state index in [-0.39, 0.29) is 47.1 Å². The van der Waals surface area contributed by atoms with Gasteiger partial charge >= 0.3 is 6.01 Å². The van der Waals surface area contributed by atoms with Crippen LogP contribution in [-0.4, -0.2) is 81.5 Å². The van der Waals surface area contributed by atoms with Crippen molar-refractivity contribution in [3.63, 3.8) is 0 Å². The van der Waals surface area contributed by atoms with E-state index in [0.717, 1.165) is 63.7 Å². The van der Waals surface area contributed by atoms with Gasteiger partial charge in [-0.2, -0.15) is 9.97 Å². The van der Waals surface area contributed by atoms with E-state index < -0.39 is 12.0 Å². The Balaban J connectivity index is 1.24. The van der Waals surface area contributed by atoms with Crippen LogP contribution < -0.4 is 15.0 Å². The van der Waals surface area contributed by atoms with E-state index in [1.165, 1.54) is 6.07 Å². The van der Waals surface area contributed by atoms with E-state index >= 15 is 4.39 Å². The van der Waals surface area contributed by atoms with E-state index in [0.29, 0.717) is 46.7 Å². The normalized spacial score (nSPS) is 31.9. The van der Waals surface area contributed by atoms with Crippen LogP contribution in [0.15, 0.2) is 18.3 Å². The predicted octanol–water partition coefficient (Wildman–Crippen LogP) is 5.60. The highest BCUT2D eigenvalue weighted by Crippen LogP contribution is 2.53. The zero-order chi connectivity index (χ0) is 29.5. The second-order valence-electron chi connectivity index (χ2n) is 13.4. The highest BCUT2D eigenvalue weighted by molar-refractivity contribution is 6.32. The van der Waals surface area contributed by atoms with E-state index in [4.69, 9.17) is 21.3 Å². The summed E-state index contributed by atoms with van der Waals surface area (Å²) in [5.41, 5.74) is 1.13. The lowest BCUT2D eigenvalue weighted by molar-refractivity contribution is 0.0388. The average Bonchev–Trinajstić information content (AvgIpc) is 3.61. The van der Waals surface area contributed by atoms with Gasteiger partial charge in [0, 0.05) is 54.9 Å². The number of nitrogens with one attached hydrogen (secondary N) is 1. The summed E-state index contributed by atoms with van der Waals surface area (Å²) in [6, 6.07) is 3.71. The number of halogens is 3. The molecule has 2 N–H and O–H groups in total. The van der Waals surface area contributed by atoms with Crippen LogP contribution in [0.25, 0.3) is 22.2 Å². The number of piperidine rings is 3. The van der Waals surface area contributed by atoms with Crippen molar-refractivity contribution in [1.82, 2.24) is 25.2 Å². The van der Waals surface area contributed by atoms with Crippen molar-refractivity contribution in [2.75, 3.05) is 37.7 Å². The number of ether oxygens (including phenoxy) is 1. The topological polar surface area (TPSA) is 86.6 Å². The molecule has 6 aliphatic rings. The molecular weight excluding hydrogens is 574 g/mol. The number of phenolic OH excluding ortho intramolecular Hbond substituents is 1. The van der Waals surface area contributed by atoms with E-state index in [9.17, 15) is 9.50 Å². The lowest BCUT2D eigenvalue weighted by Gasteiger charge is -2.46. The number of nitrogens with zero attached hydrogens (tertiary/aromatic N) is 5. The number of phenols is 1. The number of pyridine rings is 1. The number of aromatic hydroxyl groups is 1. The number of aromatic nitrogens is 3. The van der Waals surface area contributed by atoms with Gasteiger partial charge < -0.3 is 20.1 Å². The Hall–Kier alpha value is -2.82. The number of alkyl halides is 1. The average molecular weight is 611 g/mol. The van der Waals surface area contributed by atoms with Gasteiger partial charge in [0.15, 0.2) is 5.82 Å². The molecule has 6 atom stereocenters. The number of rotatable bonds is 6. The van der Waals surface area contributed by atoms with Crippen molar-refractivity contribution < 1.29 is 18.6 Å². The first kappa shape index (κ1) is 27.7. The highest BCUT2D eigenvalue weighted by Gasteiger charge is 2.48. The minimum Gasteiger partial charge on any atom is -0.508 e. The minimum absolute atomic E-state index is 0.0402. The molecule has 43 heavy (non-hydrogen) atoms. The molecule has 3 aromatic rings. The van der Waals surface area contributed by atoms with Gasteiger partial charge in [0.1, 0.15) is 35.6 Å². The van der Waals surface area contributed by atoms with E-state index in [1.54, 1.807) is 12.3 Å². The van der Waals surface area contributed by atoms with Gasteiger partial charge in [0.2, 0.25) is 0 Å². The molecule has 8 nitrogen and oxygen atoms in total. The standard InChI is InChI=1S/C32H37ClF2N6O2/c1-17-8-22(17)26-23(9-21(42)10-25(26)33)28-27(35)29-24(13-37-28)30(41-15-19-4-5-20(41)12-36-19)39-31(38-29)43-16-32-6-2-3-7-40(32)14-18(34)11-32/h9-10,13,17-20,22,36,42H,2-8,11-12,14-16H2,1H3/t17-,18-,19?,20?,22+,32+/m1/s1. The van der Waals surface area contributed by atoms with Crippen LogP contribution >= 0.6 is 11.6 Å². The van der Waals surface area contributed by atoms with E-state index in [2.05, 4.69) is 32.0 Å². The number of benzene rings is 1. The summed E-state index contributed by atoms with van der Waals surface area (Å²) in [6.45, 7) is 5.27. The lowest BCUT2D eigenvalue weighted by atomic mass is 9.87. The van der Waals surface area contributed by atoms with Crippen molar-refractivity contribution in [3.05, 3.63) is 34.7 Å². The maximum absolute atomic E-state index is 16.7. The third-order valence-electron chi connectivity index (χ3n) is 10.6. The summed E-state index contributed by atoms with van der Waals surface area (Å²) < 4.78 is 37.7. The molecule has 2 aromatic heterocycles. The number of fused-ring (bicyclic) bond motifs is 5. The van der Waals surface area contributed by atoms with Crippen LogP contribution in [0.2, 0.25) is 5.02 Å². The van der Waals surface area contributed by atoms with Crippen LogP contribution in [0.5, 0.6) is 11.8 Å². The molecule has 1 aliphatic carbocycles. The monoisotopic (exact) mass is 610 g/mol. The minimum atomic E-state index is -0.880. The lowest BCUT2D eigenvalue weighted by Crippen LogP contribution is -2.61. The molecule has 0 radical (unpaired) electrons. The molecule has 7 heterocycles. The van der Waals surface area contributed by atoms with Crippen molar-refractivity contribution in [2.45, 2.75) is 81.6 Å². The predicted molar refractivity (Wildman–Crippen MR) is 161 cm³/mol. The molecule has 5 saturated heterocycles. The summed E-state index contributed by atoms with van der Waals surface area (Å²) in [5.74, 6) is 0.581. The molecule has 228 valence electrons. The van der Waals surface area contributed by atoms with Crippen LogP contribution in [0.3, 0.4) is 0 Å². The quantitative estimate of drug-likeness (QED) is 0.373. The number of hydrogen-bond acceptors (Lipinski definition) is 8. The Bertz CT molecular complexity index is 1590. The van der Waals surface area contributed by atoms with Crippen molar-refractivity contribution >= 4 is 28.3 Å². The summed E-state index contributed by atoms with van der Waals surface area (Å²) >= 11 is 6.61. The fourth-order valence-corrected chi connectivity index (χ4v) is 8.52. The van der Waals surface area contributed by atoms with Gasteiger partial charge in [0.25, 0.3) is 0 Å². The van der Waals surface area contributed by atoms with Crippen LogP contribution in [0.1, 0.15) is 63.4 Å². The first-order valence-corrected chi connectivity index (χ1v) is 16.1. The molecule has 1 aromatic carbocycles. The van der Waals surface area contributed by atoms with Gasteiger partial charge in [-0.25, -0.2) is 8.78 Å². The molecule has 11 heteroatoms. The van der Waals surface area contributed by atoms with Gasteiger partial charge in [-0.3, -0.25) is 9.88 Å². The van der Waals surface area contributed by atoms with Crippen molar-refractivity contribution in [2.24, 2.45) is 5.92 Å². The Morgan fingerprint density at radius 2 is 2.07 bits per heavy atom. The second-order valence-corrected chi connectivity index (χ2v) is 13.8. The molecule has 1 saturated carbocycles. The second kappa shape index (κ2) is 10.4. The SMILES string of the molecule is C[C@@H]1C[C@@H]1c1c(Cl)cc(O)cc1-c1ncc2c(N3CC4CCC3CN4)nc(OC[C@@]34CCCCN3C[C@H](F)C4)nc2c1F. The zero-order valence-corrected chi connectivity index (χ0v) is 25.1. The van der Waals surface area contributed by atoms with Gasteiger partial charge in [-0.05, 0) is 68.2 Å². The Kier molecular flexibility index (Phi) is 6.69. The molecule has 5 aliphatic heterocycles. The molecule has 2 bridgehead atoms. The van der Waals surface area contributed by atoms with Gasteiger partial charge in [-0.15, -0.1) is 0 Å². The maximum Gasteiger partial charge on any atom is 0.319 e. The number of piperazine rings is 1.